The Morgan fingerprint density at radius 1 is 1.13 bits per heavy atom. The lowest BCUT2D eigenvalue weighted by Crippen LogP contribution is -1.89. The number of rotatable bonds is 1. The molecule has 0 saturated carbocycles. The first kappa shape index (κ1) is 13.5. The van der Waals surface area contributed by atoms with Crippen LogP contribution in [0.3, 0.4) is 0 Å². The monoisotopic (exact) mass is 302 g/mol. The maximum absolute atomic E-state index is 13.9. The second kappa shape index (κ2) is 4.92. The number of nitriles is 1. The lowest BCUT2D eigenvalue weighted by molar-refractivity contribution is 0.616. The largest absolute Gasteiger partial charge is 0.455 e. The van der Waals surface area contributed by atoms with Gasteiger partial charge in [-0.3, -0.25) is 4.98 Å². The molecule has 0 N–H and O–H groups in total. The smallest absolute Gasteiger partial charge is 0.144 e. The Hall–Kier alpha value is -3.19. The van der Waals surface area contributed by atoms with Crippen LogP contribution in [0.4, 0.5) is 4.39 Å². The molecule has 23 heavy (non-hydrogen) atoms. The zero-order valence-corrected chi connectivity index (χ0v) is 12.3. The second-order valence-corrected chi connectivity index (χ2v) is 5.43. The van der Waals surface area contributed by atoms with Crippen molar-refractivity contribution in [2.75, 3.05) is 0 Å². The van der Waals surface area contributed by atoms with Crippen molar-refractivity contribution in [3.8, 4) is 17.3 Å². The van der Waals surface area contributed by atoms with Crippen molar-refractivity contribution >= 4 is 21.9 Å². The number of fused-ring (bicyclic) bond motifs is 3. The third kappa shape index (κ3) is 2.06. The van der Waals surface area contributed by atoms with Crippen LogP contribution < -0.4 is 0 Å². The Balaban J connectivity index is 2.04. The maximum Gasteiger partial charge on any atom is 0.144 e. The first-order chi connectivity index (χ1) is 11.2. The molecule has 2 heterocycles. The highest BCUT2D eigenvalue weighted by molar-refractivity contribution is 6.09. The molecule has 0 aliphatic carbocycles. The number of hydrogen-bond acceptors (Lipinski definition) is 3. The average molecular weight is 302 g/mol. The highest BCUT2D eigenvalue weighted by Crippen LogP contribution is 2.35. The van der Waals surface area contributed by atoms with E-state index in [4.69, 9.17) is 9.68 Å². The Bertz CT molecular complexity index is 1110. The van der Waals surface area contributed by atoms with Gasteiger partial charge in [0, 0.05) is 34.2 Å². The molecular formula is C19H11FN2O. The van der Waals surface area contributed by atoms with Gasteiger partial charge in [0.25, 0.3) is 0 Å². The van der Waals surface area contributed by atoms with Crippen molar-refractivity contribution in [1.29, 1.82) is 5.26 Å². The summed E-state index contributed by atoms with van der Waals surface area (Å²) in [5.74, 6) is -0.296. The molecule has 4 rings (SSSR count). The van der Waals surface area contributed by atoms with Gasteiger partial charge in [-0.1, -0.05) is 12.1 Å². The highest BCUT2D eigenvalue weighted by Gasteiger charge is 2.14. The molecule has 4 aromatic rings. The molecule has 2 aromatic carbocycles. The van der Waals surface area contributed by atoms with E-state index in [1.54, 1.807) is 19.1 Å². The van der Waals surface area contributed by atoms with Crippen LogP contribution in [0, 0.1) is 24.1 Å². The molecule has 0 aliphatic rings. The standard InChI is InChI=1S/C19H11FN2O/c1-11-10-22-17(8-16(11)20)15-4-2-3-14-13-6-5-12(9-21)7-18(13)23-19(14)15/h2-8,10H,1H3. The predicted molar refractivity (Wildman–Crippen MR) is 86.4 cm³/mol. The van der Waals surface area contributed by atoms with Crippen molar-refractivity contribution in [2.45, 2.75) is 6.92 Å². The number of furan rings is 1. The molecular weight excluding hydrogens is 291 g/mol. The number of benzene rings is 2. The average Bonchev–Trinajstić information content (AvgIpc) is 2.95. The molecule has 0 amide bonds. The molecule has 2 aromatic heterocycles. The van der Waals surface area contributed by atoms with E-state index in [2.05, 4.69) is 11.1 Å². The normalized spacial score (nSPS) is 11.0. The number of aryl methyl sites for hydroxylation is 1. The van der Waals surface area contributed by atoms with E-state index in [9.17, 15) is 4.39 Å². The molecule has 3 nitrogen and oxygen atoms in total. The van der Waals surface area contributed by atoms with Gasteiger partial charge in [-0.2, -0.15) is 5.26 Å². The number of pyridine rings is 1. The summed E-state index contributed by atoms with van der Waals surface area (Å²) >= 11 is 0. The summed E-state index contributed by atoms with van der Waals surface area (Å²) in [4.78, 5) is 4.31. The number of para-hydroxylation sites is 1. The molecule has 0 fully saturated rings. The first-order valence-corrected chi connectivity index (χ1v) is 7.15. The molecule has 0 saturated heterocycles. The minimum Gasteiger partial charge on any atom is -0.455 e. The Labute approximate surface area is 131 Å². The summed E-state index contributed by atoms with van der Waals surface area (Å²) in [6, 6.07) is 14.5. The van der Waals surface area contributed by atoms with Gasteiger partial charge in [0.05, 0.1) is 17.3 Å². The van der Waals surface area contributed by atoms with Crippen molar-refractivity contribution < 1.29 is 8.81 Å². The van der Waals surface area contributed by atoms with E-state index in [1.807, 2.05) is 24.3 Å². The third-order valence-corrected chi connectivity index (χ3v) is 3.94. The lowest BCUT2D eigenvalue weighted by atomic mass is 10.1. The molecule has 0 radical (unpaired) electrons. The van der Waals surface area contributed by atoms with Crippen molar-refractivity contribution in [1.82, 2.24) is 4.98 Å². The van der Waals surface area contributed by atoms with Crippen LogP contribution in [-0.2, 0) is 0 Å². The Morgan fingerprint density at radius 3 is 2.78 bits per heavy atom. The van der Waals surface area contributed by atoms with E-state index in [0.717, 1.165) is 16.3 Å². The molecule has 0 unspecified atom stereocenters. The molecule has 110 valence electrons. The number of hydrogen-bond donors (Lipinski definition) is 0. The zero-order valence-electron chi connectivity index (χ0n) is 12.3. The maximum atomic E-state index is 13.9. The topological polar surface area (TPSA) is 49.8 Å². The minimum absolute atomic E-state index is 0.296. The number of halogens is 1. The van der Waals surface area contributed by atoms with Crippen LogP contribution >= 0.6 is 0 Å². The molecule has 0 aliphatic heterocycles. The summed E-state index contributed by atoms with van der Waals surface area (Å²) in [6.07, 6.45) is 1.51. The van der Waals surface area contributed by atoms with Crippen LogP contribution in [0.2, 0.25) is 0 Å². The predicted octanol–water partition coefficient (Wildman–Crippen LogP) is 4.97. The summed E-state index contributed by atoms with van der Waals surface area (Å²) < 4.78 is 19.8. The zero-order chi connectivity index (χ0) is 16.0. The minimum atomic E-state index is -0.296. The third-order valence-electron chi connectivity index (χ3n) is 3.94. The van der Waals surface area contributed by atoms with Crippen LogP contribution in [0.1, 0.15) is 11.1 Å². The van der Waals surface area contributed by atoms with E-state index < -0.39 is 0 Å². The SMILES string of the molecule is Cc1cnc(-c2cccc3c2oc2cc(C#N)ccc23)cc1F. The second-order valence-electron chi connectivity index (χ2n) is 5.43. The summed E-state index contributed by atoms with van der Waals surface area (Å²) in [5.41, 5.74) is 3.59. The van der Waals surface area contributed by atoms with Crippen LogP contribution in [0.5, 0.6) is 0 Å². The summed E-state index contributed by atoms with van der Waals surface area (Å²) in [7, 11) is 0. The van der Waals surface area contributed by atoms with E-state index >= 15 is 0 Å². The van der Waals surface area contributed by atoms with Crippen LogP contribution in [0.15, 0.2) is 53.1 Å². The summed E-state index contributed by atoms with van der Waals surface area (Å²) in [6.45, 7) is 1.68. The molecule has 0 spiro atoms. The molecule has 0 atom stereocenters. The fourth-order valence-corrected chi connectivity index (χ4v) is 2.72. The van der Waals surface area contributed by atoms with E-state index in [0.29, 0.717) is 28.0 Å². The van der Waals surface area contributed by atoms with Crippen LogP contribution in [-0.4, -0.2) is 4.98 Å². The fraction of sp³-hybridized carbons (Fsp3) is 0.0526. The van der Waals surface area contributed by atoms with E-state index in [-0.39, 0.29) is 5.82 Å². The van der Waals surface area contributed by atoms with Gasteiger partial charge in [0.1, 0.15) is 17.0 Å². The van der Waals surface area contributed by atoms with Crippen molar-refractivity contribution in [3.63, 3.8) is 0 Å². The quantitative estimate of drug-likeness (QED) is 0.499. The van der Waals surface area contributed by atoms with E-state index in [1.165, 1.54) is 12.3 Å². The van der Waals surface area contributed by atoms with Crippen LogP contribution in [0.25, 0.3) is 33.2 Å². The van der Waals surface area contributed by atoms with Gasteiger partial charge in [0.15, 0.2) is 0 Å². The van der Waals surface area contributed by atoms with Crippen molar-refractivity contribution in [3.05, 3.63) is 65.6 Å². The Kier molecular flexibility index (Phi) is 2.88. The number of nitrogens with zero attached hydrogens (tertiary/aromatic N) is 2. The highest BCUT2D eigenvalue weighted by atomic mass is 19.1. The van der Waals surface area contributed by atoms with Gasteiger partial charge in [0.2, 0.25) is 0 Å². The molecule has 0 bridgehead atoms. The van der Waals surface area contributed by atoms with Gasteiger partial charge in [-0.25, -0.2) is 4.39 Å². The van der Waals surface area contributed by atoms with Gasteiger partial charge in [-0.15, -0.1) is 0 Å². The van der Waals surface area contributed by atoms with Crippen molar-refractivity contribution in [2.24, 2.45) is 0 Å². The molecule has 4 heteroatoms. The first-order valence-electron chi connectivity index (χ1n) is 7.15. The summed E-state index contributed by atoms with van der Waals surface area (Å²) in [5, 5.41) is 10.9. The lowest BCUT2D eigenvalue weighted by Gasteiger charge is -2.03. The van der Waals surface area contributed by atoms with Gasteiger partial charge >= 0.3 is 0 Å². The fourth-order valence-electron chi connectivity index (χ4n) is 2.72. The van der Waals surface area contributed by atoms with Gasteiger partial charge < -0.3 is 4.42 Å². The Morgan fingerprint density at radius 2 is 2.00 bits per heavy atom. The number of aromatic nitrogens is 1. The van der Waals surface area contributed by atoms with Gasteiger partial charge in [-0.05, 0) is 31.2 Å².